The molecule has 0 amide bonds. The molecule has 1 nitrogen and oxygen atoms in total. The molecule has 2 aromatic carbocycles. The fourth-order valence-electron chi connectivity index (χ4n) is 2.74. The Morgan fingerprint density at radius 1 is 1.05 bits per heavy atom. The van der Waals surface area contributed by atoms with Crippen LogP contribution in [0.25, 0.3) is 10.8 Å². The second-order valence-corrected chi connectivity index (χ2v) is 4.79. The first-order chi connectivity index (χ1) is 8.81. The number of aliphatic hydroxyl groups excluding tert-OH is 1. The number of hydrogen-bond acceptors (Lipinski definition) is 1. The third-order valence-electron chi connectivity index (χ3n) is 3.72. The summed E-state index contributed by atoms with van der Waals surface area (Å²) in [5.74, 6) is 0.316. The Hall–Kier alpha value is -0.566. The molecule has 1 unspecified atom stereocenters. The van der Waals surface area contributed by atoms with Gasteiger partial charge in [0.15, 0.2) is 0 Å². The number of fused-ring (bicyclic) bond motifs is 1. The summed E-state index contributed by atoms with van der Waals surface area (Å²) in [4.78, 5) is 0. The van der Waals surface area contributed by atoms with E-state index < -0.39 is 0 Å². The van der Waals surface area contributed by atoms with E-state index in [2.05, 4.69) is 49.4 Å². The van der Waals surface area contributed by atoms with E-state index >= 15 is 0 Å². The largest absolute Gasteiger partial charge is 2.00 e. The molecule has 0 spiro atoms. The van der Waals surface area contributed by atoms with E-state index in [0.717, 1.165) is 10.9 Å². The second kappa shape index (κ2) is 8.77. The van der Waals surface area contributed by atoms with Crippen molar-refractivity contribution in [1.29, 1.82) is 0 Å². The summed E-state index contributed by atoms with van der Waals surface area (Å²) in [6.45, 7) is 2.23. The van der Waals surface area contributed by atoms with Crippen molar-refractivity contribution >= 4 is 10.8 Å². The number of benzene rings is 2. The van der Waals surface area contributed by atoms with Crippen LogP contribution in [0.4, 0.5) is 0 Å². The minimum atomic E-state index is 0. The molecule has 0 fully saturated rings. The molecule has 2 aromatic rings. The molecule has 3 rings (SSSR count). The van der Waals surface area contributed by atoms with Crippen LogP contribution in [0.15, 0.2) is 60.2 Å². The fourth-order valence-corrected chi connectivity index (χ4v) is 2.74. The minimum Gasteiger partial charge on any atom is -1.00 e. The van der Waals surface area contributed by atoms with Crippen molar-refractivity contribution < 1.29 is 51.6 Å². The molecule has 0 bridgehead atoms. The maximum atomic E-state index is 9.72. The first-order valence-corrected chi connectivity index (χ1v) is 6.27. The topological polar surface area (TPSA) is 20.2 Å². The first kappa shape index (κ1) is 20.4. The quantitative estimate of drug-likeness (QED) is 0.615. The second-order valence-electron chi connectivity index (χ2n) is 4.79. The normalized spacial score (nSPS) is 15.7. The number of rotatable bonds is 2. The van der Waals surface area contributed by atoms with Crippen LogP contribution >= 0.6 is 0 Å². The van der Waals surface area contributed by atoms with Gasteiger partial charge in [-0.05, 0) is 28.8 Å². The van der Waals surface area contributed by atoms with Gasteiger partial charge in [-0.2, -0.15) is 0 Å². The van der Waals surface area contributed by atoms with Crippen molar-refractivity contribution in [3.8, 4) is 0 Å². The van der Waals surface area contributed by atoms with Gasteiger partial charge in [0.2, 0.25) is 0 Å². The van der Waals surface area contributed by atoms with Crippen LogP contribution in [0.3, 0.4) is 0 Å². The SMILES string of the molecule is CC1=CC=CC1c1ccc2ccccc2c1CO.[Cl-].[Cl-].[Ti+2]. The summed E-state index contributed by atoms with van der Waals surface area (Å²) in [6, 6.07) is 12.5. The van der Waals surface area contributed by atoms with Gasteiger partial charge < -0.3 is 29.9 Å². The Bertz CT molecular complexity index is 665. The molecular formula is C17H16Cl2OTi. The predicted octanol–water partition coefficient (Wildman–Crippen LogP) is -2.06. The predicted molar refractivity (Wildman–Crippen MR) is 75.5 cm³/mol. The van der Waals surface area contributed by atoms with Crippen LogP contribution in [-0.2, 0) is 28.3 Å². The van der Waals surface area contributed by atoms with Crippen LogP contribution in [0.1, 0.15) is 24.0 Å². The summed E-state index contributed by atoms with van der Waals surface area (Å²) in [5.41, 5.74) is 3.61. The molecular weight excluding hydrogens is 339 g/mol. The smallest absolute Gasteiger partial charge is 1.00 e. The van der Waals surface area contributed by atoms with Crippen LogP contribution in [-0.4, -0.2) is 5.11 Å². The van der Waals surface area contributed by atoms with Crippen molar-refractivity contribution in [3.05, 3.63) is 71.3 Å². The van der Waals surface area contributed by atoms with Gasteiger partial charge in [0.05, 0.1) is 6.61 Å². The van der Waals surface area contributed by atoms with Crippen molar-refractivity contribution in [1.82, 2.24) is 0 Å². The summed E-state index contributed by atoms with van der Waals surface area (Å²) >= 11 is 0. The van der Waals surface area contributed by atoms with Gasteiger partial charge in [-0.15, -0.1) is 0 Å². The van der Waals surface area contributed by atoms with Gasteiger partial charge in [-0.3, -0.25) is 0 Å². The van der Waals surface area contributed by atoms with Crippen LogP contribution in [0.2, 0.25) is 0 Å². The molecule has 108 valence electrons. The Balaban J connectivity index is 0.00000133. The minimum absolute atomic E-state index is 0. The third-order valence-corrected chi connectivity index (χ3v) is 3.72. The zero-order valence-corrected chi connectivity index (χ0v) is 14.8. The van der Waals surface area contributed by atoms with E-state index in [9.17, 15) is 5.11 Å². The molecule has 1 N–H and O–H groups in total. The molecule has 4 heteroatoms. The molecule has 0 aliphatic heterocycles. The molecule has 0 saturated carbocycles. The van der Waals surface area contributed by atoms with E-state index in [4.69, 9.17) is 0 Å². The summed E-state index contributed by atoms with van der Waals surface area (Å²) in [5, 5.41) is 12.1. The van der Waals surface area contributed by atoms with Crippen molar-refractivity contribution in [2.75, 3.05) is 0 Å². The molecule has 21 heavy (non-hydrogen) atoms. The Morgan fingerprint density at radius 2 is 1.76 bits per heavy atom. The van der Waals surface area contributed by atoms with Crippen molar-refractivity contribution in [2.45, 2.75) is 19.4 Å². The van der Waals surface area contributed by atoms with Crippen LogP contribution in [0, 0.1) is 0 Å². The van der Waals surface area contributed by atoms with Gasteiger partial charge in [-0.25, -0.2) is 0 Å². The van der Waals surface area contributed by atoms with Crippen LogP contribution < -0.4 is 24.8 Å². The molecule has 0 radical (unpaired) electrons. The van der Waals surface area contributed by atoms with E-state index in [1.165, 1.54) is 16.5 Å². The van der Waals surface area contributed by atoms with E-state index in [1.54, 1.807) is 0 Å². The third kappa shape index (κ3) is 3.80. The molecule has 0 saturated heterocycles. The first-order valence-electron chi connectivity index (χ1n) is 6.27. The number of hydrogen-bond donors (Lipinski definition) is 1. The standard InChI is InChI=1S/C17H16O.2ClH.Ti/c1-12-5-4-8-14(12)16-10-9-13-6-2-3-7-15(13)17(16)11-18;;;/h2-10,14,18H,11H2,1H3;2*1H;/q;;;+2/p-2. The Labute approximate surface area is 152 Å². The number of aliphatic hydroxyl groups is 1. The van der Waals surface area contributed by atoms with Gasteiger partial charge in [0, 0.05) is 5.92 Å². The molecule has 0 heterocycles. The Morgan fingerprint density at radius 3 is 2.38 bits per heavy atom. The van der Waals surface area contributed by atoms with Crippen molar-refractivity contribution in [2.24, 2.45) is 0 Å². The van der Waals surface area contributed by atoms with Crippen molar-refractivity contribution in [3.63, 3.8) is 0 Å². The summed E-state index contributed by atoms with van der Waals surface area (Å²) in [7, 11) is 0. The average molecular weight is 355 g/mol. The van der Waals surface area contributed by atoms with Gasteiger partial charge in [-0.1, -0.05) is 60.2 Å². The molecule has 0 aromatic heterocycles. The average Bonchev–Trinajstić information content (AvgIpc) is 2.83. The summed E-state index contributed by atoms with van der Waals surface area (Å²) < 4.78 is 0. The van der Waals surface area contributed by atoms with Gasteiger partial charge in [0.25, 0.3) is 0 Å². The maximum absolute atomic E-state index is 9.72. The summed E-state index contributed by atoms with van der Waals surface area (Å²) in [6.07, 6.45) is 6.43. The molecule has 1 atom stereocenters. The van der Waals surface area contributed by atoms with Gasteiger partial charge >= 0.3 is 21.7 Å². The molecule has 1 aliphatic rings. The van der Waals surface area contributed by atoms with E-state index in [0.29, 0.717) is 5.92 Å². The zero-order valence-electron chi connectivity index (χ0n) is 11.7. The van der Waals surface area contributed by atoms with Gasteiger partial charge in [0.1, 0.15) is 0 Å². The molecule has 1 aliphatic carbocycles. The Kier molecular flexibility index (Phi) is 8.54. The van der Waals surface area contributed by atoms with E-state index in [-0.39, 0.29) is 53.1 Å². The zero-order chi connectivity index (χ0) is 12.5. The van der Waals surface area contributed by atoms with E-state index in [1.807, 2.05) is 12.1 Å². The number of halogens is 2. The fraction of sp³-hybridized carbons (Fsp3) is 0.176. The number of allylic oxidation sites excluding steroid dienone is 4. The maximum Gasteiger partial charge on any atom is 2.00 e. The monoisotopic (exact) mass is 354 g/mol. The van der Waals surface area contributed by atoms with Crippen LogP contribution in [0.5, 0.6) is 0 Å².